The molecule has 1 aromatic heterocycles. The second-order valence-corrected chi connectivity index (χ2v) is 6.38. The van der Waals surface area contributed by atoms with Crippen LogP contribution in [-0.4, -0.2) is 17.4 Å². The monoisotopic (exact) mass is 439 g/mol. The standard InChI is InChI=1S/C13H9BrF3N3O2S2/c14-9-5-6-24-10(9)11(21)19-20-12(23)18-7-1-3-8(4-2-7)22-13(15,16)17/h1-6H,(H,19,21)(H2,18,20,23). The highest BCUT2D eigenvalue weighted by atomic mass is 79.9. The maximum Gasteiger partial charge on any atom is 0.573 e. The maximum absolute atomic E-state index is 12.1. The third-order valence-electron chi connectivity index (χ3n) is 2.46. The molecule has 0 radical (unpaired) electrons. The number of hydrogen-bond acceptors (Lipinski definition) is 4. The van der Waals surface area contributed by atoms with Crippen LogP contribution in [0.25, 0.3) is 0 Å². The molecular formula is C13H9BrF3N3O2S2. The van der Waals surface area contributed by atoms with Crippen molar-refractivity contribution < 1.29 is 22.7 Å². The minimum absolute atomic E-state index is 0.0699. The zero-order valence-electron chi connectivity index (χ0n) is 11.6. The van der Waals surface area contributed by atoms with Crippen LogP contribution in [0.15, 0.2) is 40.2 Å². The summed E-state index contributed by atoms with van der Waals surface area (Å²) in [6, 6.07) is 6.72. The topological polar surface area (TPSA) is 62.4 Å². The summed E-state index contributed by atoms with van der Waals surface area (Å²) in [6.45, 7) is 0. The van der Waals surface area contributed by atoms with Gasteiger partial charge in [-0.15, -0.1) is 24.5 Å². The van der Waals surface area contributed by atoms with Crippen LogP contribution < -0.4 is 20.9 Å². The van der Waals surface area contributed by atoms with E-state index < -0.39 is 6.36 Å². The summed E-state index contributed by atoms with van der Waals surface area (Å²) in [7, 11) is 0. The molecule has 0 spiro atoms. The average molecular weight is 440 g/mol. The Morgan fingerprint density at radius 1 is 1.17 bits per heavy atom. The lowest BCUT2D eigenvalue weighted by Gasteiger charge is -2.12. The summed E-state index contributed by atoms with van der Waals surface area (Å²) >= 11 is 9.47. The van der Waals surface area contributed by atoms with Crippen molar-refractivity contribution in [1.29, 1.82) is 0 Å². The first kappa shape index (κ1) is 18.5. The normalized spacial score (nSPS) is 10.8. The van der Waals surface area contributed by atoms with E-state index in [2.05, 4.69) is 36.8 Å². The Kier molecular flexibility index (Phi) is 6.02. The molecule has 0 bridgehead atoms. The summed E-state index contributed by atoms with van der Waals surface area (Å²) in [5, 5.41) is 4.53. The fourth-order valence-electron chi connectivity index (χ4n) is 1.53. The number of thiocarbonyl (C=S) groups is 1. The van der Waals surface area contributed by atoms with Crippen LogP contribution in [0.3, 0.4) is 0 Å². The van der Waals surface area contributed by atoms with Crippen molar-refractivity contribution in [3.8, 4) is 5.75 Å². The van der Waals surface area contributed by atoms with Crippen molar-refractivity contribution in [2.24, 2.45) is 0 Å². The van der Waals surface area contributed by atoms with Gasteiger partial charge in [0.15, 0.2) is 5.11 Å². The van der Waals surface area contributed by atoms with Crippen LogP contribution in [-0.2, 0) is 0 Å². The van der Waals surface area contributed by atoms with Gasteiger partial charge in [0, 0.05) is 10.2 Å². The molecule has 0 fully saturated rings. The summed E-state index contributed by atoms with van der Waals surface area (Å²) in [4.78, 5) is 12.3. The molecule has 0 unspecified atom stereocenters. The lowest BCUT2D eigenvalue weighted by Crippen LogP contribution is -2.43. The third kappa shape index (κ3) is 5.65. The molecule has 2 rings (SSSR count). The Morgan fingerprint density at radius 3 is 2.38 bits per heavy atom. The second kappa shape index (κ2) is 7.81. The van der Waals surface area contributed by atoms with Crippen molar-refractivity contribution in [3.63, 3.8) is 0 Å². The number of anilines is 1. The van der Waals surface area contributed by atoms with Crippen LogP contribution in [0, 0.1) is 0 Å². The Hall–Kier alpha value is -1.85. The number of amides is 1. The zero-order chi connectivity index (χ0) is 17.7. The molecule has 0 aliphatic heterocycles. The number of ether oxygens (including phenoxy) is 1. The van der Waals surface area contributed by atoms with E-state index in [-0.39, 0.29) is 16.8 Å². The molecule has 0 aliphatic carbocycles. The maximum atomic E-state index is 12.1. The van der Waals surface area contributed by atoms with Gasteiger partial charge in [-0.05, 0) is 63.9 Å². The highest BCUT2D eigenvalue weighted by molar-refractivity contribution is 9.10. The van der Waals surface area contributed by atoms with Crippen LogP contribution in [0.5, 0.6) is 5.75 Å². The van der Waals surface area contributed by atoms with Crippen LogP contribution in [0.1, 0.15) is 9.67 Å². The van der Waals surface area contributed by atoms with E-state index in [0.29, 0.717) is 15.0 Å². The largest absolute Gasteiger partial charge is 0.573 e. The summed E-state index contributed by atoms with van der Waals surface area (Å²) in [5.74, 6) is -0.724. The fraction of sp³-hybridized carbons (Fsp3) is 0.0769. The van der Waals surface area contributed by atoms with Gasteiger partial charge >= 0.3 is 6.36 Å². The molecule has 128 valence electrons. The van der Waals surface area contributed by atoms with Gasteiger partial charge in [-0.25, -0.2) is 0 Å². The quantitative estimate of drug-likeness (QED) is 0.497. The van der Waals surface area contributed by atoms with Crippen molar-refractivity contribution in [3.05, 3.63) is 45.1 Å². The van der Waals surface area contributed by atoms with Crippen molar-refractivity contribution >= 4 is 56.2 Å². The molecule has 2 aromatic rings. The first-order chi connectivity index (χ1) is 11.2. The molecule has 5 nitrogen and oxygen atoms in total. The Morgan fingerprint density at radius 2 is 1.83 bits per heavy atom. The summed E-state index contributed by atoms with van der Waals surface area (Å²) < 4.78 is 40.6. The van der Waals surface area contributed by atoms with Gasteiger partial charge in [0.25, 0.3) is 5.91 Å². The number of hydrogen-bond donors (Lipinski definition) is 3. The minimum atomic E-state index is -4.74. The van der Waals surface area contributed by atoms with Gasteiger partial charge in [-0.3, -0.25) is 15.6 Å². The highest BCUT2D eigenvalue weighted by Gasteiger charge is 2.30. The number of carbonyl (C=O) groups is 1. The summed E-state index contributed by atoms with van der Waals surface area (Å²) in [6.07, 6.45) is -4.74. The van der Waals surface area contributed by atoms with Crippen molar-refractivity contribution in [2.75, 3.05) is 5.32 Å². The van der Waals surface area contributed by atoms with Gasteiger partial charge in [0.2, 0.25) is 0 Å². The lowest BCUT2D eigenvalue weighted by atomic mass is 10.3. The number of alkyl halides is 3. The van der Waals surface area contributed by atoms with E-state index in [4.69, 9.17) is 12.2 Å². The molecule has 1 aromatic carbocycles. The molecule has 3 N–H and O–H groups in total. The molecule has 1 amide bonds. The predicted octanol–water partition coefficient (Wildman–Crippen LogP) is 4.04. The molecule has 0 saturated heterocycles. The van der Waals surface area contributed by atoms with E-state index in [1.807, 2.05) is 0 Å². The molecule has 0 aliphatic rings. The van der Waals surface area contributed by atoms with E-state index in [1.165, 1.54) is 23.5 Å². The van der Waals surface area contributed by atoms with E-state index in [1.54, 1.807) is 11.4 Å². The van der Waals surface area contributed by atoms with E-state index >= 15 is 0 Å². The van der Waals surface area contributed by atoms with Crippen LogP contribution in [0.4, 0.5) is 18.9 Å². The van der Waals surface area contributed by atoms with Crippen molar-refractivity contribution in [2.45, 2.75) is 6.36 Å². The van der Waals surface area contributed by atoms with Gasteiger partial charge < -0.3 is 10.1 Å². The van der Waals surface area contributed by atoms with Crippen molar-refractivity contribution in [1.82, 2.24) is 10.9 Å². The van der Waals surface area contributed by atoms with Crippen LogP contribution >= 0.6 is 39.5 Å². The van der Waals surface area contributed by atoms with E-state index in [0.717, 1.165) is 12.1 Å². The first-order valence-electron chi connectivity index (χ1n) is 6.21. The lowest BCUT2D eigenvalue weighted by molar-refractivity contribution is -0.274. The molecule has 1 heterocycles. The van der Waals surface area contributed by atoms with Gasteiger partial charge in [-0.2, -0.15) is 0 Å². The Labute approximate surface area is 152 Å². The number of benzene rings is 1. The molecular weight excluding hydrogens is 431 g/mol. The van der Waals surface area contributed by atoms with E-state index in [9.17, 15) is 18.0 Å². The average Bonchev–Trinajstić information content (AvgIpc) is 2.91. The SMILES string of the molecule is O=C(NNC(=S)Nc1ccc(OC(F)(F)F)cc1)c1sccc1Br. The van der Waals surface area contributed by atoms with Gasteiger partial charge in [-0.1, -0.05) is 0 Å². The number of thiophene rings is 1. The second-order valence-electron chi connectivity index (χ2n) is 4.20. The highest BCUT2D eigenvalue weighted by Crippen LogP contribution is 2.24. The number of nitrogens with one attached hydrogen (secondary N) is 3. The third-order valence-corrected chi connectivity index (χ3v) is 4.50. The first-order valence-corrected chi connectivity index (χ1v) is 8.29. The Bertz CT molecular complexity index is 735. The number of halogens is 4. The summed E-state index contributed by atoms with van der Waals surface area (Å²) in [5.41, 5.74) is 5.32. The number of carbonyl (C=O) groups excluding carboxylic acids is 1. The van der Waals surface area contributed by atoms with Crippen LogP contribution in [0.2, 0.25) is 0 Å². The van der Waals surface area contributed by atoms with Gasteiger partial charge in [0.05, 0.1) is 0 Å². The molecule has 0 saturated carbocycles. The predicted molar refractivity (Wildman–Crippen MR) is 92.0 cm³/mol. The smallest absolute Gasteiger partial charge is 0.406 e. The van der Waals surface area contributed by atoms with Gasteiger partial charge in [0.1, 0.15) is 10.6 Å². The number of rotatable bonds is 3. The zero-order valence-corrected chi connectivity index (χ0v) is 14.8. The minimum Gasteiger partial charge on any atom is -0.406 e. The number of hydrazine groups is 1. The molecule has 0 atom stereocenters. The fourth-order valence-corrected chi connectivity index (χ4v) is 3.14. The molecule has 11 heteroatoms. The Balaban J connectivity index is 1.84. The molecule has 24 heavy (non-hydrogen) atoms.